The second-order valence-corrected chi connectivity index (χ2v) is 5.06. The van der Waals surface area contributed by atoms with E-state index in [0.29, 0.717) is 6.54 Å². The van der Waals surface area contributed by atoms with Crippen LogP contribution in [0.3, 0.4) is 0 Å². The molecule has 2 rings (SSSR count). The maximum absolute atomic E-state index is 5.88. The average Bonchev–Trinajstić information content (AvgIpc) is 2.68. The highest BCUT2D eigenvalue weighted by Gasteiger charge is 2.02. The average molecular weight is 316 g/mol. The van der Waals surface area contributed by atoms with Crippen molar-refractivity contribution >= 4 is 27.5 Å². The summed E-state index contributed by atoms with van der Waals surface area (Å²) in [6.45, 7) is 3.32. The molecule has 17 heavy (non-hydrogen) atoms. The molecule has 0 aliphatic carbocycles. The van der Waals surface area contributed by atoms with Crippen molar-refractivity contribution in [1.82, 2.24) is 10.5 Å². The number of hydrogen-bond donors (Lipinski definition) is 1. The van der Waals surface area contributed by atoms with Gasteiger partial charge in [-0.05, 0) is 24.6 Å². The summed E-state index contributed by atoms with van der Waals surface area (Å²) in [5.74, 6) is 0.840. The van der Waals surface area contributed by atoms with Crippen molar-refractivity contribution in [2.24, 2.45) is 0 Å². The topological polar surface area (TPSA) is 38.1 Å². The third kappa shape index (κ3) is 3.56. The quantitative estimate of drug-likeness (QED) is 0.935. The van der Waals surface area contributed by atoms with Crippen LogP contribution in [0.4, 0.5) is 0 Å². The Morgan fingerprint density at radius 2 is 2.18 bits per heavy atom. The van der Waals surface area contributed by atoms with Gasteiger partial charge in [0.15, 0.2) is 5.76 Å². The molecule has 2 aromatic rings. The maximum Gasteiger partial charge on any atom is 0.150 e. The Morgan fingerprint density at radius 1 is 1.35 bits per heavy atom. The van der Waals surface area contributed by atoms with Crippen LogP contribution in [-0.2, 0) is 13.1 Å². The first-order chi connectivity index (χ1) is 8.15. The van der Waals surface area contributed by atoms with Crippen molar-refractivity contribution in [3.63, 3.8) is 0 Å². The van der Waals surface area contributed by atoms with Crippen LogP contribution in [0.1, 0.15) is 17.0 Å². The minimum absolute atomic E-state index is 0.663. The molecule has 0 saturated carbocycles. The van der Waals surface area contributed by atoms with Crippen LogP contribution in [0.2, 0.25) is 5.02 Å². The summed E-state index contributed by atoms with van der Waals surface area (Å²) >= 11 is 9.35. The summed E-state index contributed by atoms with van der Waals surface area (Å²) in [5, 5.41) is 7.84. The van der Waals surface area contributed by atoms with Gasteiger partial charge in [0.2, 0.25) is 0 Å². The first-order valence-electron chi connectivity index (χ1n) is 5.22. The smallest absolute Gasteiger partial charge is 0.150 e. The lowest BCUT2D eigenvalue weighted by Gasteiger charge is -2.05. The molecule has 5 heteroatoms. The van der Waals surface area contributed by atoms with E-state index in [0.717, 1.165) is 33.1 Å². The normalized spacial score (nSPS) is 10.8. The van der Waals surface area contributed by atoms with E-state index in [4.69, 9.17) is 16.1 Å². The summed E-state index contributed by atoms with van der Waals surface area (Å²) in [5.41, 5.74) is 2.06. The molecular formula is C12H12BrClN2O. The molecular weight excluding hydrogens is 304 g/mol. The van der Waals surface area contributed by atoms with Crippen LogP contribution in [0, 0.1) is 6.92 Å². The number of halogens is 2. The molecule has 0 bridgehead atoms. The van der Waals surface area contributed by atoms with Gasteiger partial charge in [-0.25, -0.2) is 0 Å². The number of nitrogens with one attached hydrogen (secondary N) is 1. The fourth-order valence-corrected chi connectivity index (χ4v) is 2.31. The highest BCUT2D eigenvalue weighted by atomic mass is 79.9. The van der Waals surface area contributed by atoms with Crippen molar-refractivity contribution < 1.29 is 4.52 Å². The van der Waals surface area contributed by atoms with E-state index in [1.807, 2.05) is 31.2 Å². The van der Waals surface area contributed by atoms with E-state index < -0.39 is 0 Å². The number of nitrogens with zero attached hydrogens (tertiary/aromatic N) is 1. The monoisotopic (exact) mass is 314 g/mol. The van der Waals surface area contributed by atoms with Crippen LogP contribution in [-0.4, -0.2) is 5.16 Å². The first-order valence-corrected chi connectivity index (χ1v) is 6.39. The van der Waals surface area contributed by atoms with Crippen molar-refractivity contribution in [3.8, 4) is 0 Å². The van der Waals surface area contributed by atoms with E-state index in [1.165, 1.54) is 0 Å². The molecule has 0 aliphatic rings. The fraction of sp³-hybridized carbons (Fsp3) is 0.250. The Balaban J connectivity index is 1.90. The largest absolute Gasteiger partial charge is 0.360 e. The molecule has 0 fully saturated rings. The number of aromatic nitrogens is 1. The molecule has 90 valence electrons. The van der Waals surface area contributed by atoms with E-state index in [2.05, 4.69) is 26.4 Å². The maximum atomic E-state index is 5.88. The van der Waals surface area contributed by atoms with Crippen molar-refractivity contribution in [2.45, 2.75) is 20.0 Å². The van der Waals surface area contributed by atoms with Gasteiger partial charge < -0.3 is 9.84 Å². The second kappa shape index (κ2) is 5.67. The summed E-state index contributed by atoms with van der Waals surface area (Å²) in [6, 6.07) is 7.67. The fourth-order valence-electron chi connectivity index (χ4n) is 1.49. The highest BCUT2D eigenvalue weighted by molar-refractivity contribution is 9.10. The van der Waals surface area contributed by atoms with Crippen LogP contribution in [0.5, 0.6) is 0 Å². The minimum Gasteiger partial charge on any atom is -0.360 e. The van der Waals surface area contributed by atoms with E-state index in [1.54, 1.807) is 0 Å². The van der Waals surface area contributed by atoms with Crippen LogP contribution < -0.4 is 5.32 Å². The molecule has 1 N–H and O–H groups in total. The van der Waals surface area contributed by atoms with Gasteiger partial charge >= 0.3 is 0 Å². The lowest BCUT2D eigenvalue weighted by atomic mass is 10.2. The molecule has 0 saturated heterocycles. The van der Waals surface area contributed by atoms with Gasteiger partial charge in [0.25, 0.3) is 0 Å². The van der Waals surface area contributed by atoms with E-state index >= 15 is 0 Å². The van der Waals surface area contributed by atoms with Crippen molar-refractivity contribution in [2.75, 3.05) is 0 Å². The van der Waals surface area contributed by atoms with E-state index in [9.17, 15) is 0 Å². The number of aryl methyl sites for hydroxylation is 1. The number of benzene rings is 1. The molecule has 3 nitrogen and oxygen atoms in total. The Bertz CT molecular complexity index is 513. The molecule has 1 aromatic carbocycles. The van der Waals surface area contributed by atoms with Gasteiger partial charge in [-0.1, -0.05) is 38.8 Å². The standard InChI is InChI=1S/C12H12BrClN2O/c1-8-4-11(17-16-8)7-15-6-9-2-3-10(14)5-12(9)13/h2-5,15H,6-7H2,1H3. The van der Waals surface area contributed by atoms with Crippen molar-refractivity contribution in [3.05, 3.63) is 50.8 Å². The van der Waals surface area contributed by atoms with Crippen molar-refractivity contribution in [1.29, 1.82) is 0 Å². The van der Waals surface area contributed by atoms with Gasteiger partial charge in [0.05, 0.1) is 12.2 Å². The second-order valence-electron chi connectivity index (χ2n) is 3.77. The molecule has 0 unspecified atom stereocenters. The third-order valence-corrected chi connectivity index (χ3v) is 3.28. The summed E-state index contributed by atoms with van der Waals surface area (Å²) in [7, 11) is 0. The zero-order chi connectivity index (χ0) is 12.3. The molecule has 0 aliphatic heterocycles. The third-order valence-electron chi connectivity index (χ3n) is 2.31. The SMILES string of the molecule is Cc1cc(CNCc2ccc(Cl)cc2Br)on1. The van der Waals surface area contributed by atoms with Gasteiger partial charge in [0, 0.05) is 22.1 Å². The lowest BCUT2D eigenvalue weighted by Crippen LogP contribution is -2.12. The van der Waals surface area contributed by atoms with Gasteiger partial charge in [-0.2, -0.15) is 0 Å². The summed E-state index contributed by atoms with van der Waals surface area (Å²) in [6.07, 6.45) is 0. The molecule has 0 spiro atoms. The number of rotatable bonds is 4. The molecule has 1 aromatic heterocycles. The molecule has 0 radical (unpaired) electrons. The Labute approximate surface area is 113 Å². The minimum atomic E-state index is 0.663. The zero-order valence-electron chi connectivity index (χ0n) is 9.34. The predicted octanol–water partition coefficient (Wildman–Crippen LogP) is 3.69. The Kier molecular flexibility index (Phi) is 4.20. The lowest BCUT2D eigenvalue weighted by molar-refractivity contribution is 0.369. The molecule has 0 atom stereocenters. The predicted molar refractivity (Wildman–Crippen MR) is 70.9 cm³/mol. The van der Waals surface area contributed by atoms with Crippen LogP contribution in [0.15, 0.2) is 33.3 Å². The Morgan fingerprint density at radius 3 is 2.82 bits per heavy atom. The molecule has 0 amide bonds. The summed E-state index contributed by atoms with van der Waals surface area (Å²) < 4.78 is 6.11. The molecule has 1 heterocycles. The Hall–Kier alpha value is -0.840. The highest BCUT2D eigenvalue weighted by Crippen LogP contribution is 2.21. The number of hydrogen-bond acceptors (Lipinski definition) is 3. The van der Waals surface area contributed by atoms with Gasteiger partial charge in [-0.15, -0.1) is 0 Å². The van der Waals surface area contributed by atoms with E-state index in [-0.39, 0.29) is 0 Å². The van der Waals surface area contributed by atoms with Crippen LogP contribution in [0.25, 0.3) is 0 Å². The summed E-state index contributed by atoms with van der Waals surface area (Å²) in [4.78, 5) is 0. The van der Waals surface area contributed by atoms with Crippen LogP contribution >= 0.6 is 27.5 Å². The van der Waals surface area contributed by atoms with Gasteiger partial charge in [0.1, 0.15) is 0 Å². The van der Waals surface area contributed by atoms with Gasteiger partial charge in [-0.3, -0.25) is 0 Å². The first kappa shape index (κ1) is 12.6. The zero-order valence-corrected chi connectivity index (χ0v) is 11.7.